The largest absolute Gasteiger partial charge is 0.368 e. The Kier molecular flexibility index (Phi) is 6.06. The smallest absolute Gasteiger partial charge is 0.249 e. The molecule has 2 saturated heterocycles. The van der Waals surface area contributed by atoms with E-state index in [-0.39, 0.29) is 18.1 Å². The number of nitrogens with one attached hydrogen (secondary N) is 2. The molecule has 37 heavy (non-hydrogen) atoms. The van der Waals surface area contributed by atoms with Gasteiger partial charge < -0.3 is 15.0 Å². The zero-order valence-electron chi connectivity index (χ0n) is 20.7. The number of amides is 1. The number of fused-ring (bicyclic) bond motifs is 1. The lowest BCUT2D eigenvalue weighted by Gasteiger charge is -2.33. The summed E-state index contributed by atoms with van der Waals surface area (Å²) in [7, 11) is 1.94. The minimum atomic E-state index is -0.283. The predicted molar refractivity (Wildman–Crippen MR) is 136 cm³/mol. The monoisotopic (exact) mass is 497 g/mol. The number of aromatic amines is 1. The van der Waals surface area contributed by atoms with Crippen molar-refractivity contribution in [2.75, 3.05) is 24.6 Å². The van der Waals surface area contributed by atoms with E-state index in [0.717, 1.165) is 72.4 Å². The summed E-state index contributed by atoms with van der Waals surface area (Å²) in [6.45, 7) is 2.33. The first kappa shape index (κ1) is 23.2. The number of nitrogens with zero attached hydrogens (tertiary/aromatic N) is 6. The van der Waals surface area contributed by atoms with Gasteiger partial charge in [0.2, 0.25) is 12.1 Å². The number of H-pyrrole nitrogens is 1. The van der Waals surface area contributed by atoms with E-state index in [0.29, 0.717) is 12.2 Å². The second-order valence-corrected chi connectivity index (χ2v) is 9.75. The molecule has 10 heteroatoms. The molecule has 10 nitrogen and oxygen atoms in total. The fraction of sp³-hybridized carbons (Fsp3) is 0.370. The number of piperidine rings is 1. The van der Waals surface area contributed by atoms with Crippen LogP contribution >= 0.6 is 0 Å². The summed E-state index contributed by atoms with van der Waals surface area (Å²) < 4.78 is 9.15. The number of ether oxygens (including phenoxy) is 1. The first-order valence-corrected chi connectivity index (χ1v) is 12.7. The molecule has 2 aliphatic heterocycles. The molecule has 6 heterocycles. The van der Waals surface area contributed by atoms with Gasteiger partial charge in [0.05, 0.1) is 29.0 Å². The number of carbonyl (C=O) groups is 1. The van der Waals surface area contributed by atoms with E-state index in [2.05, 4.69) is 38.6 Å². The van der Waals surface area contributed by atoms with Gasteiger partial charge >= 0.3 is 0 Å². The normalized spacial score (nSPS) is 18.3. The van der Waals surface area contributed by atoms with Gasteiger partial charge in [0.15, 0.2) is 7.05 Å². The highest BCUT2D eigenvalue weighted by atomic mass is 16.5. The van der Waals surface area contributed by atoms with E-state index in [1.54, 1.807) is 10.7 Å². The van der Waals surface area contributed by atoms with Gasteiger partial charge in [0, 0.05) is 54.8 Å². The minimum absolute atomic E-state index is 0.0250. The average Bonchev–Trinajstić information content (AvgIpc) is 3.70. The standard InChI is InChI=1S/C27H28N8O2/c1-33-16-21(15-30-33)19-11-23(26-20(12-28)14-31-35(26)17-19)18-4-5-25(29-13-18)34-8-6-22(7-9-34)32-27(36)24-3-2-10-37-24/h4-5,11,13-17,22,24H,2-3,6-10H2,1H3,(H,32,36)/p+1/t24-/m1/s1. The Bertz CT molecular complexity index is 1470. The Hall–Kier alpha value is -4.23. The molecule has 0 spiro atoms. The van der Waals surface area contributed by atoms with Crippen LogP contribution in [0.25, 0.3) is 27.8 Å². The van der Waals surface area contributed by atoms with Crippen molar-refractivity contribution in [2.45, 2.75) is 37.8 Å². The second-order valence-electron chi connectivity index (χ2n) is 9.75. The van der Waals surface area contributed by atoms with Gasteiger partial charge in [-0.3, -0.25) is 4.79 Å². The fourth-order valence-electron chi connectivity index (χ4n) is 5.26. The van der Waals surface area contributed by atoms with Crippen molar-refractivity contribution < 1.29 is 14.2 Å². The van der Waals surface area contributed by atoms with Crippen LogP contribution in [0.4, 0.5) is 5.82 Å². The van der Waals surface area contributed by atoms with Gasteiger partial charge in [0.25, 0.3) is 0 Å². The Morgan fingerprint density at radius 2 is 2.08 bits per heavy atom. The summed E-state index contributed by atoms with van der Waals surface area (Å²) in [5.41, 5.74) is 5.14. The first-order chi connectivity index (χ1) is 18.1. The lowest BCUT2D eigenvalue weighted by molar-refractivity contribution is -0.726. The van der Waals surface area contributed by atoms with E-state index < -0.39 is 0 Å². The van der Waals surface area contributed by atoms with Gasteiger partial charge in [-0.2, -0.15) is 15.5 Å². The minimum Gasteiger partial charge on any atom is -0.368 e. The molecule has 0 bridgehead atoms. The lowest BCUT2D eigenvalue weighted by Crippen LogP contribution is -2.47. The SMILES string of the molecule is C[n+]1cc(-c2cc(-c3ccc(N4CCC(NC(=O)[C@H]5CCCO5)CC4)nc3)c3c(C#N)cnn3c2)c[nH]1. The third kappa shape index (κ3) is 4.54. The molecule has 4 aromatic rings. The highest BCUT2D eigenvalue weighted by Gasteiger charge is 2.28. The van der Waals surface area contributed by atoms with Crippen molar-refractivity contribution in [3.05, 3.63) is 54.7 Å². The molecule has 6 rings (SSSR count). The number of aryl methyl sites for hydroxylation is 1. The van der Waals surface area contributed by atoms with E-state index in [1.165, 1.54) is 0 Å². The number of nitriles is 1. The highest BCUT2D eigenvalue weighted by Crippen LogP contribution is 2.32. The molecule has 0 radical (unpaired) electrons. The third-order valence-corrected chi connectivity index (χ3v) is 7.27. The molecule has 4 aromatic heterocycles. The summed E-state index contributed by atoms with van der Waals surface area (Å²) >= 11 is 0. The van der Waals surface area contributed by atoms with Gasteiger partial charge in [-0.1, -0.05) is 0 Å². The van der Waals surface area contributed by atoms with Crippen LogP contribution in [0, 0.1) is 11.3 Å². The van der Waals surface area contributed by atoms with E-state index in [4.69, 9.17) is 9.72 Å². The van der Waals surface area contributed by atoms with Gasteiger partial charge in [-0.25, -0.2) is 9.50 Å². The highest BCUT2D eigenvalue weighted by molar-refractivity contribution is 5.87. The van der Waals surface area contributed by atoms with Crippen molar-refractivity contribution in [3.63, 3.8) is 0 Å². The Morgan fingerprint density at radius 1 is 1.22 bits per heavy atom. The average molecular weight is 498 g/mol. The molecule has 1 atom stereocenters. The van der Waals surface area contributed by atoms with Crippen molar-refractivity contribution in [2.24, 2.45) is 7.05 Å². The Morgan fingerprint density at radius 3 is 2.76 bits per heavy atom. The summed E-state index contributed by atoms with van der Waals surface area (Å²) in [5.74, 6) is 0.934. The lowest BCUT2D eigenvalue weighted by atomic mass is 10.0. The quantitative estimate of drug-likeness (QED) is 0.409. The molecular weight excluding hydrogens is 468 g/mol. The molecule has 2 fully saturated rings. The third-order valence-electron chi connectivity index (χ3n) is 7.27. The van der Waals surface area contributed by atoms with E-state index >= 15 is 0 Å². The predicted octanol–water partition coefficient (Wildman–Crippen LogP) is 2.35. The van der Waals surface area contributed by atoms with Crippen LogP contribution in [0.2, 0.25) is 0 Å². The first-order valence-electron chi connectivity index (χ1n) is 12.7. The molecule has 0 unspecified atom stereocenters. The molecule has 0 aliphatic carbocycles. The summed E-state index contributed by atoms with van der Waals surface area (Å²) in [6, 6.07) is 8.60. The Balaban J connectivity index is 1.21. The van der Waals surface area contributed by atoms with Gasteiger partial charge in [-0.15, -0.1) is 4.68 Å². The molecular formula is C27H29N8O2+. The van der Waals surface area contributed by atoms with Gasteiger partial charge in [-0.05, 0) is 43.9 Å². The van der Waals surface area contributed by atoms with E-state index in [1.807, 2.05) is 42.6 Å². The maximum Gasteiger partial charge on any atom is 0.249 e. The molecule has 2 aliphatic rings. The zero-order valence-corrected chi connectivity index (χ0v) is 20.7. The van der Waals surface area contributed by atoms with Gasteiger partial charge in [0.1, 0.15) is 18.0 Å². The van der Waals surface area contributed by atoms with Crippen LogP contribution in [-0.4, -0.2) is 57.4 Å². The topological polar surface area (TPSA) is 115 Å². The van der Waals surface area contributed by atoms with Crippen LogP contribution in [0.1, 0.15) is 31.2 Å². The van der Waals surface area contributed by atoms with Crippen LogP contribution in [0.3, 0.4) is 0 Å². The molecule has 0 aromatic carbocycles. The van der Waals surface area contributed by atoms with Crippen LogP contribution in [-0.2, 0) is 16.6 Å². The number of pyridine rings is 2. The maximum atomic E-state index is 12.4. The maximum absolute atomic E-state index is 12.4. The van der Waals surface area contributed by atoms with E-state index in [9.17, 15) is 10.1 Å². The van der Waals surface area contributed by atoms with Crippen LogP contribution < -0.4 is 14.9 Å². The van der Waals surface area contributed by atoms with Crippen molar-refractivity contribution in [1.82, 2.24) is 25.0 Å². The van der Waals surface area contributed by atoms with Crippen LogP contribution in [0.5, 0.6) is 0 Å². The Labute approximate surface area is 214 Å². The zero-order chi connectivity index (χ0) is 25.4. The van der Waals surface area contributed by atoms with Crippen LogP contribution in [0.15, 0.2) is 49.2 Å². The van der Waals surface area contributed by atoms with Crippen molar-refractivity contribution in [3.8, 4) is 28.3 Å². The molecule has 1 amide bonds. The van der Waals surface area contributed by atoms with Crippen molar-refractivity contribution >= 4 is 17.2 Å². The molecule has 188 valence electrons. The molecule has 2 N–H and O–H groups in total. The number of anilines is 1. The number of hydrogen-bond donors (Lipinski definition) is 2. The number of carbonyl (C=O) groups excluding carboxylic acids is 1. The fourth-order valence-corrected chi connectivity index (χ4v) is 5.26. The number of hydrogen-bond acceptors (Lipinski definition) is 6. The summed E-state index contributed by atoms with van der Waals surface area (Å²) in [6.07, 6.45) is 12.6. The number of aromatic nitrogens is 5. The van der Waals surface area contributed by atoms with Crippen molar-refractivity contribution in [1.29, 1.82) is 5.26 Å². The molecule has 0 saturated carbocycles. The second kappa shape index (κ2) is 9.67. The number of rotatable bonds is 5. The summed E-state index contributed by atoms with van der Waals surface area (Å²) in [5, 5.41) is 20.4. The summed E-state index contributed by atoms with van der Waals surface area (Å²) in [4.78, 5) is 19.4.